The van der Waals surface area contributed by atoms with Gasteiger partial charge in [0, 0.05) is 52.4 Å². The van der Waals surface area contributed by atoms with Crippen molar-refractivity contribution in [2.75, 3.05) is 28.2 Å². The van der Waals surface area contributed by atoms with Crippen molar-refractivity contribution in [3.05, 3.63) is 143 Å². The Morgan fingerprint density at radius 3 is 1.33 bits per heavy atom. The number of amides is 4. The zero-order valence-electron chi connectivity index (χ0n) is 30.4. The van der Waals surface area contributed by atoms with E-state index >= 15 is 4.79 Å². The van der Waals surface area contributed by atoms with Crippen molar-refractivity contribution >= 4 is 17.8 Å². The van der Waals surface area contributed by atoms with Gasteiger partial charge in [-0.3, -0.25) is 9.59 Å². The summed E-state index contributed by atoms with van der Waals surface area (Å²) in [7, 11) is 6.92. The Balaban J connectivity index is 1.49. The van der Waals surface area contributed by atoms with Crippen molar-refractivity contribution in [3.63, 3.8) is 0 Å². The molecule has 4 aromatic rings. The zero-order valence-corrected chi connectivity index (χ0v) is 30.4. The van der Waals surface area contributed by atoms with E-state index in [0.717, 1.165) is 22.3 Å². The van der Waals surface area contributed by atoms with E-state index in [1.165, 1.54) is 0 Å². The van der Waals surface area contributed by atoms with Crippen molar-refractivity contribution in [1.82, 2.24) is 19.6 Å². The number of urea groups is 1. The van der Waals surface area contributed by atoms with Gasteiger partial charge in [-0.2, -0.15) is 0 Å². The maximum Gasteiger partial charge on any atom is 0.321 e. The second-order valence-corrected chi connectivity index (χ2v) is 14.4. The number of hydrogen-bond donors (Lipinski definition) is 0. The summed E-state index contributed by atoms with van der Waals surface area (Å²) >= 11 is 0. The van der Waals surface area contributed by atoms with Gasteiger partial charge >= 0.3 is 6.03 Å². The van der Waals surface area contributed by atoms with Crippen LogP contribution < -0.4 is 0 Å². The van der Waals surface area contributed by atoms with Gasteiger partial charge in [-0.1, -0.05) is 84.9 Å². The summed E-state index contributed by atoms with van der Waals surface area (Å²) < 4.78 is 13.6. The number of nitrogens with zero attached hydrogens (tertiary/aromatic N) is 4. The van der Waals surface area contributed by atoms with Gasteiger partial charge < -0.3 is 29.1 Å². The number of carbonyl (C=O) groups excluding carboxylic acids is 3. The van der Waals surface area contributed by atoms with Gasteiger partial charge in [0.15, 0.2) is 5.79 Å². The normalized spacial score (nSPS) is 21.2. The van der Waals surface area contributed by atoms with Gasteiger partial charge in [0.1, 0.15) is 12.2 Å². The lowest BCUT2D eigenvalue weighted by Crippen LogP contribution is -2.51. The van der Waals surface area contributed by atoms with Crippen molar-refractivity contribution < 1.29 is 23.9 Å². The minimum absolute atomic E-state index is 0.106. The first-order valence-electron chi connectivity index (χ1n) is 17.5. The highest BCUT2D eigenvalue weighted by Gasteiger charge is 2.55. The SMILES string of the molecule is CN(C)C(=O)c1cccc(CN2C(=O)N(Cc3cccc(C(=O)N(C)C)c3)[C@H](Cc3ccccc3)[C@@H]3OC(C)(C)O[C@H]3[C@H]2Cc2ccccc2)c1. The molecule has 0 bridgehead atoms. The third kappa shape index (κ3) is 8.16. The molecule has 2 aliphatic rings. The number of rotatable bonds is 10. The molecule has 0 aliphatic carbocycles. The molecular formula is C42H48N4O5. The molecular weight excluding hydrogens is 640 g/mol. The maximum absolute atomic E-state index is 15.4. The van der Waals surface area contributed by atoms with Crippen molar-refractivity contribution in [2.45, 2.75) is 69.9 Å². The average Bonchev–Trinajstić information content (AvgIpc) is 3.42. The Bertz CT molecular complexity index is 1710. The molecule has 4 aromatic carbocycles. The highest BCUT2D eigenvalue weighted by molar-refractivity contribution is 5.94. The van der Waals surface area contributed by atoms with Crippen LogP contribution in [0.3, 0.4) is 0 Å². The lowest BCUT2D eigenvalue weighted by atomic mass is 9.90. The van der Waals surface area contributed by atoms with Crippen LogP contribution in [0, 0.1) is 0 Å². The molecule has 4 atom stereocenters. The molecule has 2 heterocycles. The van der Waals surface area contributed by atoms with E-state index in [-0.39, 0.29) is 30.9 Å². The van der Waals surface area contributed by atoms with E-state index in [4.69, 9.17) is 9.47 Å². The highest BCUT2D eigenvalue weighted by Crippen LogP contribution is 2.40. The Kier molecular flexibility index (Phi) is 10.6. The third-order valence-corrected chi connectivity index (χ3v) is 9.66. The smallest absolute Gasteiger partial charge is 0.321 e. The minimum atomic E-state index is -0.896. The standard InChI is InChI=1S/C42H48N4O5/c1-42(2)50-37-35(25-29-15-9-7-10-16-29)45(27-31-19-13-21-33(23-31)39(47)43(3)4)41(49)46(28-32-20-14-22-34(24-32)40(48)44(5)6)36(38(37)51-42)26-30-17-11-8-12-18-30/h7-24,35-38H,25-28H2,1-6H3/t35-,36-,37+,38+/m1/s1. The molecule has 0 radical (unpaired) electrons. The van der Waals surface area contributed by atoms with Gasteiger partial charge in [-0.15, -0.1) is 0 Å². The largest absolute Gasteiger partial charge is 0.345 e. The first kappa shape index (κ1) is 35.8. The Labute approximate surface area is 301 Å². The van der Waals surface area contributed by atoms with Crippen LogP contribution >= 0.6 is 0 Å². The molecule has 9 nitrogen and oxygen atoms in total. The minimum Gasteiger partial charge on any atom is -0.345 e. The van der Waals surface area contributed by atoms with Gasteiger partial charge in [0.05, 0.1) is 12.1 Å². The second kappa shape index (κ2) is 15.1. The van der Waals surface area contributed by atoms with Crippen LogP contribution in [0.2, 0.25) is 0 Å². The van der Waals surface area contributed by atoms with E-state index < -0.39 is 30.1 Å². The van der Waals surface area contributed by atoms with E-state index in [0.29, 0.717) is 24.0 Å². The van der Waals surface area contributed by atoms with Crippen LogP contribution in [0.15, 0.2) is 109 Å². The van der Waals surface area contributed by atoms with Gasteiger partial charge in [0.25, 0.3) is 11.8 Å². The van der Waals surface area contributed by atoms with E-state index in [1.807, 2.05) is 96.4 Å². The summed E-state index contributed by atoms with van der Waals surface area (Å²) in [6.07, 6.45) is 0.164. The van der Waals surface area contributed by atoms with Gasteiger partial charge in [0.2, 0.25) is 0 Å². The molecule has 9 heteroatoms. The number of benzene rings is 4. The summed E-state index contributed by atoms with van der Waals surface area (Å²) in [6.45, 7) is 4.38. The second-order valence-electron chi connectivity index (χ2n) is 14.4. The summed E-state index contributed by atoms with van der Waals surface area (Å²) in [5, 5.41) is 0. The van der Waals surface area contributed by atoms with Crippen molar-refractivity contribution in [1.29, 1.82) is 0 Å². The predicted octanol–water partition coefficient (Wildman–Crippen LogP) is 6.27. The summed E-state index contributed by atoms with van der Waals surface area (Å²) in [5.41, 5.74) is 4.94. The van der Waals surface area contributed by atoms with Gasteiger partial charge in [-0.05, 0) is 73.2 Å². The van der Waals surface area contributed by atoms with E-state index in [1.54, 1.807) is 50.1 Å². The molecule has 6 rings (SSSR count). The predicted molar refractivity (Wildman–Crippen MR) is 197 cm³/mol. The van der Waals surface area contributed by atoms with Gasteiger partial charge in [-0.25, -0.2) is 4.79 Å². The summed E-state index contributed by atoms with van der Waals surface area (Å²) in [4.78, 5) is 48.3. The molecule has 4 amide bonds. The van der Waals surface area contributed by atoms with Crippen molar-refractivity contribution in [2.24, 2.45) is 0 Å². The quantitative estimate of drug-likeness (QED) is 0.196. The van der Waals surface area contributed by atoms with Crippen LogP contribution in [-0.2, 0) is 35.4 Å². The van der Waals surface area contributed by atoms with Crippen LogP contribution in [0.25, 0.3) is 0 Å². The topological polar surface area (TPSA) is 82.6 Å². The van der Waals surface area contributed by atoms with Crippen molar-refractivity contribution in [3.8, 4) is 0 Å². The molecule has 2 fully saturated rings. The number of hydrogen-bond acceptors (Lipinski definition) is 5. The Morgan fingerprint density at radius 1 is 0.588 bits per heavy atom. The molecule has 266 valence electrons. The molecule has 0 saturated carbocycles. The van der Waals surface area contributed by atoms with Crippen LogP contribution in [0.5, 0.6) is 0 Å². The Hall–Kier alpha value is -4.99. The molecule has 0 unspecified atom stereocenters. The Morgan fingerprint density at radius 2 is 0.961 bits per heavy atom. The fourth-order valence-corrected chi connectivity index (χ4v) is 7.26. The highest BCUT2D eigenvalue weighted by atomic mass is 16.8. The zero-order chi connectivity index (χ0) is 36.3. The number of ether oxygens (including phenoxy) is 2. The molecule has 2 saturated heterocycles. The monoisotopic (exact) mass is 688 g/mol. The van der Waals surface area contributed by atoms with Crippen LogP contribution in [0.1, 0.15) is 56.8 Å². The molecule has 0 aromatic heterocycles. The van der Waals surface area contributed by atoms with E-state index in [9.17, 15) is 9.59 Å². The fourth-order valence-electron chi connectivity index (χ4n) is 7.26. The molecule has 0 N–H and O–H groups in total. The first-order valence-corrected chi connectivity index (χ1v) is 17.5. The summed E-state index contributed by atoms with van der Waals surface area (Å²) in [5.74, 6) is -1.11. The fraction of sp³-hybridized carbons (Fsp3) is 0.357. The first-order chi connectivity index (χ1) is 24.4. The van der Waals surface area contributed by atoms with Crippen LogP contribution in [0.4, 0.5) is 4.79 Å². The third-order valence-electron chi connectivity index (χ3n) is 9.66. The number of carbonyl (C=O) groups is 3. The number of fused-ring (bicyclic) bond motifs is 1. The molecule has 2 aliphatic heterocycles. The molecule has 51 heavy (non-hydrogen) atoms. The van der Waals surface area contributed by atoms with E-state index in [2.05, 4.69) is 24.3 Å². The lowest BCUT2D eigenvalue weighted by molar-refractivity contribution is -0.157. The van der Waals surface area contributed by atoms with Crippen LogP contribution in [-0.4, -0.2) is 95.7 Å². The maximum atomic E-state index is 15.4. The molecule has 0 spiro atoms. The summed E-state index contributed by atoms with van der Waals surface area (Å²) in [6, 6.07) is 34.3. The average molecular weight is 689 g/mol. The lowest BCUT2D eigenvalue weighted by Gasteiger charge is -2.37.